The Labute approximate surface area is 163 Å². The predicted octanol–water partition coefficient (Wildman–Crippen LogP) is 5.04. The number of hydrogen-bond donors (Lipinski definition) is 3. The van der Waals surface area contributed by atoms with Crippen LogP contribution in [0.15, 0.2) is 42.5 Å². The number of rotatable bonds is 5. The lowest BCUT2D eigenvalue weighted by Gasteiger charge is -2.12. The molecule has 3 N–H and O–H groups in total. The van der Waals surface area contributed by atoms with Crippen LogP contribution in [0.4, 0.5) is 23.2 Å². The number of fused-ring (bicyclic) bond motifs is 1. The van der Waals surface area contributed by atoms with E-state index < -0.39 is 6.36 Å². The Bertz CT molecular complexity index is 983. The highest BCUT2D eigenvalue weighted by molar-refractivity contribution is 7.80. The van der Waals surface area contributed by atoms with Gasteiger partial charge in [-0.05, 0) is 73.6 Å². The summed E-state index contributed by atoms with van der Waals surface area (Å²) >= 11 is 5.20. The SMILES string of the molecule is Cc1[nH]c2ccc(F)cc2c1CCNC(=S)Nc1ccc(OC(F)(F)F)cc1. The average molecular weight is 411 g/mol. The van der Waals surface area contributed by atoms with Crippen LogP contribution in [0.1, 0.15) is 11.3 Å². The molecule has 0 atom stereocenters. The zero-order valence-electron chi connectivity index (χ0n) is 14.8. The van der Waals surface area contributed by atoms with Crippen molar-refractivity contribution < 1.29 is 22.3 Å². The maximum atomic E-state index is 13.5. The van der Waals surface area contributed by atoms with E-state index >= 15 is 0 Å². The van der Waals surface area contributed by atoms with E-state index in [0.717, 1.165) is 22.2 Å². The van der Waals surface area contributed by atoms with Crippen molar-refractivity contribution in [2.45, 2.75) is 19.7 Å². The van der Waals surface area contributed by atoms with E-state index in [9.17, 15) is 17.6 Å². The Balaban J connectivity index is 1.54. The maximum absolute atomic E-state index is 13.5. The Morgan fingerprint density at radius 2 is 1.86 bits per heavy atom. The summed E-state index contributed by atoms with van der Waals surface area (Å²) in [5.74, 6) is -0.602. The standard InChI is InChI=1S/C19H17F4N3OS/c1-11-15(16-10-12(20)2-7-17(16)25-11)8-9-24-18(28)26-13-3-5-14(6-4-13)27-19(21,22)23/h2-7,10,25H,8-9H2,1H3,(H2,24,26,28). The molecule has 2 aromatic carbocycles. The Morgan fingerprint density at radius 1 is 1.14 bits per heavy atom. The number of ether oxygens (including phenoxy) is 1. The highest BCUT2D eigenvalue weighted by Gasteiger charge is 2.30. The van der Waals surface area contributed by atoms with Gasteiger partial charge >= 0.3 is 6.36 Å². The highest BCUT2D eigenvalue weighted by atomic mass is 32.1. The van der Waals surface area contributed by atoms with Gasteiger partial charge in [-0.15, -0.1) is 13.2 Å². The van der Waals surface area contributed by atoms with Gasteiger partial charge in [0.1, 0.15) is 11.6 Å². The lowest BCUT2D eigenvalue weighted by atomic mass is 10.1. The first-order chi connectivity index (χ1) is 13.2. The first-order valence-electron chi connectivity index (χ1n) is 8.38. The van der Waals surface area contributed by atoms with Crippen molar-refractivity contribution in [2.75, 3.05) is 11.9 Å². The zero-order valence-corrected chi connectivity index (χ0v) is 15.6. The Hall–Kier alpha value is -2.81. The van der Waals surface area contributed by atoms with Crippen LogP contribution in [-0.2, 0) is 6.42 Å². The van der Waals surface area contributed by atoms with E-state index in [0.29, 0.717) is 23.8 Å². The van der Waals surface area contributed by atoms with Crippen molar-refractivity contribution in [3.63, 3.8) is 0 Å². The number of hydrogen-bond acceptors (Lipinski definition) is 2. The van der Waals surface area contributed by atoms with Crippen LogP contribution >= 0.6 is 12.2 Å². The number of H-pyrrole nitrogens is 1. The number of aromatic nitrogens is 1. The second-order valence-electron chi connectivity index (χ2n) is 6.12. The van der Waals surface area contributed by atoms with Gasteiger partial charge < -0.3 is 20.4 Å². The molecule has 0 aliphatic heterocycles. The Kier molecular flexibility index (Phi) is 5.73. The molecule has 0 fully saturated rings. The number of thiocarbonyl (C=S) groups is 1. The third-order valence-electron chi connectivity index (χ3n) is 4.09. The first-order valence-corrected chi connectivity index (χ1v) is 8.79. The fourth-order valence-electron chi connectivity index (χ4n) is 2.89. The number of aryl methyl sites for hydroxylation is 1. The van der Waals surface area contributed by atoms with Crippen LogP contribution in [0.2, 0.25) is 0 Å². The summed E-state index contributed by atoms with van der Waals surface area (Å²) in [4.78, 5) is 3.22. The molecule has 9 heteroatoms. The third-order valence-corrected chi connectivity index (χ3v) is 4.33. The summed E-state index contributed by atoms with van der Waals surface area (Å²) in [5, 5.41) is 7.08. The summed E-state index contributed by atoms with van der Waals surface area (Å²) in [5.41, 5.74) is 3.35. The normalized spacial score (nSPS) is 11.5. The van der Waals surface area contributed by atoms with Crippen LogP contribution in [0, 0.1) is 12.7 Å². The quantitative estimate of drug-likeness (QED) is 0.407. The molecule has 0 saturated heterocycles. The van der Waals surface area contributed by atoms with Gasteiger partial charge in [-0.25, -0.2) is 4.39 Å². The molecule has 1 heterocycles. The van der Waals surface area contributed by atoms with Gasteiger partial charge in [0.15, 0.2) is 5.11 Å². The maximum Gasteiger partial charge on any atom is 0.573 e. The second-order valence-corrected chi connectivity index (χ2v) is 6.53. The van der Waals surface area contributed by atoms with Gasteiger partial charge in [0, 0.05) is 28.8 Å². The van der Waals surface area contributed by atoms with E-state index in [1.165, 1.54) is 36.4 Å². The van der Waals surface area contributed by atoms with E-state index in [2.05, 4.69) is 20.4 Å². The first kappa shape index (κ1) is 19.9. The fraction of sp³-hybridized carbons (Fsp3) is 0.211. The lowest BCUT2D eigenvalue weighted by Crippen LogP contribution is -2.30. The van der Waals surface area contributed by atoms with Gasteiger partial charge in [-0.2, -0.15) is 0 Å². The second kappa shape index (κ2) is 8.05. The van der Waals surface area contributed by atoms with Crippen molar-refractivity contribution in [3.05, 3.63) is 59.5 Å². The monoisotopic (exact) mass is 411 g/mol. The van der Waals surface area contributed by atoms with E-state index in [1.807, 2.05) is 6.92 Å². The summed E-state index contributed by atoms with van der Waals surface area (Å²) in [7, 11) is 0. The van der Waals surface area contributed by atoms with Gasteiger partial charge in [0.05, 0.1) is 0 Å². The van der Waals surface area contributed by atoms with Crippen LogP contribution in [0.3, 0.4) is 0 Å². The minimum Gasteiger partial charge on any atom is -0.406 e. The number of aromatic amines is 1. The molecule has 0 saturated carbocycles. The van der Waals surface area contributed by atoms with Crippen molar-refractivity contribution in [3.8, 4) is 5.75 Å². The predicted molar refractivity (Wildman–Crippen MR) is 104 cm³/mol. The minimum atomic E-state index is -4.73. The van der Waals surface area contributed by atoms with Crippen molar-refractivity contribution >= 4 is 33.9 Å². The molecule has 0 amide bonds. The van der Waals surface area contributed by atoms with Gasteiger partial charge in [-0.1, -0.05) is 0 Å². The molecular formula is C19H17F4N3OS. The molecule has 148 valence electrons. The number of anilines is 1. The molecule has 3 rings (SSSR count). The summed E-state index contributed by atoms with van der Waals surface area (Å²) < 4.78 is 53.8. The number of alkyl halides is 3. The Morgan fingerprint density at radius 3 is 2.54 bits per heavy atom. The summed E-state index contributed by atoms with van der Waals surface area (Å²) in [6.45, 7) is 2.43. The molecule has 0 spiro atoms. The molecule has 3 aromatic rings. The number of benzene rings is 2. The van der Waals surface area contributed by atoms with E-state index in [4.69, 9.17) is 12.2 Å². The third kappa shape index (κ3) is 5.13. The zero-order chi connectivity index (χ0) is 20.3. The van der Waals surface area contributed by atoms with Crippen molar-refractivity contribution in [1.82, 2.24) is 10.3 Å². The van der Waals surface area contributed by atoms with Gasteiger partial charge in [0.25, 0.3) is 0 Å². The fourth-order valence-corrected chi connectivity index (χ4v) is 3.11. The molecule has 0 radical (unpaired) electrons. The molecule has 28 heavy (non-hydrogen) atoms. The largest absolute Gasteiger partial charge is 0.573 e. The van der Waals surface area contributed by atoms with Crippen molar-refractivity contribution in [2.24, 2.45) is 0 Å². The highest BCUT2D eigenvalue weighted by Crippen LogP contribution is 2.24. The summed E-state index contributed by atoms with van der Waals surface area (Å²) in [6, 6.07) is 9.86. The van der Waals surface area contributed by atoms with Gasteiger partial charge in [0.2, 0.25) is 0 Å². The molecular weight excluding hydrogens is 394 g/mol. The van der Waals surface area contributed by atoms with Crippen LogP contribution in [-0.4, -0.2) is 23.0 Å². The molecule has 1 aromatic heterocycles. The molecule has 0 aliphatic carbocycles. The van der Waals surface area contributed by atoms with Crippen LogP contribution < -0.4 is 15.4 Å². The topological polar surface area (TPSA) is 49.1 Å². The lowest BCUT2D eigenvalue weighted by molar-refractivity contribution is -0.274. The van der Waals surface area contributed by atoms with E-state index in [1.54, 1.807) is 6.07 Å². The molecule has 0 unspecified atom stereocenters. The van der Waals surface area contributed by atoms with E-state index in [-0.39, 0.29) is 11.6 Å². The van der Waals surface area contributed by atoms with Crippen molar-refractivity contribution in [1.29, 1.82) is 0 Å². The van der Waals surface area contributed by atoms with Gasteiger partial charge in [-0.3, -0.25) is 0 Å². The minimum absolute atomic E-state index is 0.296. The number of halogens is 4. The molecule has 0 aliphatic rings. The molecule has 4 nitrogen and oxygen atoms in total. The number of nitrogens with one attached hydrogen (secondary N) is 3. The smallest absolute Gasteiger partial charge is 0.406 e. The molecule has 0 bridgehead atoms. The average Bonchev–Trinajstić information content (AvgIpc) is 2.90. The van der Waals surface area contributed by atoms with Crippen LogP contribution in [0.5, 0.6) is 5.75 Å². The summed E-state index contributed by atoms with van der Waals surface area (Å²) in [6.07, 6.45) is -4.11. The van der Waals surface area contributed by atoms with Crippen LogP contribution in [0.25, 0.3) is 10.9 Å².